The highest BCUT2D eigenvalue weighted by Gasteiger charge is 2.16. The van der Waals surface area contributed by atoms with Gasteiger partial charge in [-0.05, 0) is 18.1 Å². The Labute approximate surface area is 90.5 Å². The van der Waals surface area contributed by atoms with Crippen LogP contribution in [-0.4, -0.2) is 45.3 Å². The summed E-state index contributed by atoms with van der Waals surface area (Å²) in [5, 5.41) is 25.8. The maximum absolute atomic E-state index is 10.4. The van der Waals surface area contributed by atoms with Gasteiger partial charge in [0.05, 0.1) is 0 Å². The number of carboxylic acid groups (broad SMARTS) is 2. The van der Waals surface area contributed by atoms with Crippen LogP contribution in [0.5, 0.6) is 0 Å². The second kappa shape index (κ2) is 6.52. The van der Waals surface area contributed by atoms with E-state index in [0.29, 0.717) is 0 Å². The molecule has 0 bridgehead atoms. The number of nitrogens with two attached hydrogens (primary N) is 1. The number of aliphatic hydroxyl groups is 1. The Hall–Kier alpha value is -1.95. The largest absolute Gasteiger partial charge is 0.480 e. The van der Waals surface area contributed by atoms with Gasteiger partial charge in [-0.3, -0.25) is 4.79 Å². The van der Waals surface area contributed by atoms with Gasteiger partial charge in [-0.15, -0.1) is 0 Å². The number of aliphatic carboxylic acids is 2. The Morgan fingerprint density at radius 2 is 1.88 bits per heavy atom. The molecule has 0 fully saturated rings. The van der Waals surface area contributed by atoms with Crippen molar-refractivity contribution in [2.75, 3.05) is 0 Å². The summed E-state index contributed by atoms with van der Waals surface area (Å²) in [7, 11) is 0. The van der Waals surface area contributed by atoms with Gasteiger partial charge in [0, 0.05) is 6.08 Å². The summed E-state index contributed by atoms with van der Waals surface area (Å²) in [6.45, 7) is 0. The fraction of sp³-hybridized carbons (Fsp3) is 0.333. The molecule has 0 heterocycles. The van der Waals surface area contributed by atoms with Gasteiger partial charge in [-0.2, -0.15) is 0 Å². The molecule has 2 atom stereocenters. The van der Waals surface area contributed by atoms with Gasteiger partial charge >= 0.3 is 11.9 Å². The molecule has 88 valence electrons. The first-order valence-corrected chi connectivity index (χ1v) is 4.19. The Balaban J connectivity index is 4.80. The molecule has 0 aliphatic carbocycles. The smallest absolute Gasteiger partial charge is 0.336 e. The number of allylic oxidation sites excluding steroid dienone is 1. The highest BCUT2D eigenvalue weighted by molar-refractivity contribution is 5.76. The van der Waals surface area contributed by atoms with Crippen molar-refractivity contribution in [2.24, 2.45) is 5.73 Å². The number of carboxylic acids is 2. The van der Waals surface area contributed by atoms with Crippen LogP contribution in [0.3, 0.4) is 0 Å². The van der Waals surface area contributed by atoms with E-state index in [1.54, 1.807) is 0 Å². The van der Waals surface area contributed by atoms with Crippen molar-refractivity contribution < 1.29 is 29.7 Å². The number of hydrogen-bond donors (Lipinski definition) is 4. The van der Waals surface area contributed by atoms with Crippen LogP contribution in [0.25, 0.3) is 0 Å². The SMILES string of the molecule is NC(CC(C=C=O)=CC(O)C(=O)O)C(=O)O. The fourth-order valence-electron chi connectivity index (χ4n) is 0.866. The molecule has 5 N–H and O–H groups in total. The molecule has 0 radical (unpaired) electrons. The van der Waals surface area contributed by atoms with Crippen LogP contribution in [0, 0.1) is 0 Å². The van der Waals surface area contributed by atoms with Crippen molar-refractivity contribution in [3.63, 3.8) is 0 Å². The van der Waals surface area contributed by atoms with E-state index in [0.717, 1.165) is 12.2 Å². The predicted molar refractivity (Wildman–Crippen MR) is 52.2 cm³/mol. The van der Waals surface area contributed by atoms with Crippen molar-refractivity contribution in [2.45, 2.75) is 18.6 Å². The zero-order valence-electron chi connectivity index (χ0n) is 8.16. The molecule has 0 aliphatic heterocycles. The lowest BCUT2D eigenvalue weighted by Crippen LogP contribution is -2.30. The lowest BCUT2D eigenvalue weighted by Gasteiger charge is -2.07. The number of aliphatic hydroxyl groups excluding tert-OH is 1. The lowest BCUT2D eigenvalue weighted by molar-refractivity contribution is -0.144. The second-order valence-corrected chi connectivity index (χ2v) is 2.94. The number of carbonyl (C=O) groups excluding carboxylic acids is 1. The molecule has 7 heteroatoms. The Morgan fingerprint density at radius 1 is 1.31 bits per heavy atom. The predicted octanol–water partition coefficient (Wildman–Crippen LogP) is -1.45. The van der Waals surface area contributed by atoms with Crippen molar-refractivity contribution in [1.29, 1.82) is 0 Å². The minimum absolute atomic E-state index is 0.000185. The van der Waals surface area contributed by atoms with E-state index in [4.69, 9.17) is 21.1 Å². The van der Waals surface area contributed by atoms with Gasteiger partial charge in [0.15, 0.2) is 6.10 Å². The first kappa shape index (κ1) is 14.1. The Bertz CT molecular complexity index is 355. The fourth-order valence-corrected chi connectivity index (χ4v) is 0.866. The lowest BCUT2D eigenvalue weighted by atomic mass is 10.1. The minimum Gasteiger partial charge on any atom is -0.480 e. The van der Waals surface area contributed by atoms with Crippen molar-refractivity contribution in [3.05, 3.63) is 17.7 Å². The molecule has 0 aromatic rings. The summed E-state index contributed by atoms with van der Waals surface area (Å²) in [4.78, 5) is 30.8. The first-order chi connectivity index (χ1) is 7.38. The monoisotopic (exact) mass is 229 g/mol. The topological polar surface area (TPSA) is 138 Å². The molecule has 0 saturated heterocycles. The molecule has 0 amide bonds. The van der Waals surface area contributed by atoms with E-state index in [1.165, 1.54) is 5.94 Å². The van der Waals surface area contributed by atoms with Gasteiger partial charge in [0.1, 0.15) is 12.0 Å². The van der Waals surface area contributed by atoms with E-state index in [9.17, 15) is 14.4 Å². The molecular weight excluding hydrogens is 218 g/mol. The van der Waals surface area contributed by atoms with E-state index in [-0.39, 0.29) is 12.0 Å². The summed E-state index contributed by atoms with van der Waals surface area (Å²) < 4.78 is 0. The maximum Gasteiger partial charge on any atom is 0.336 e. The molecule has 7 nitrogen and oxygen atoms in total. The summed E-state index contributed by atoms with van der Waals surface area (Å²) >= 11 is 0. The van der Waals surface area contributed by atoms with Crippen LogP contribution in [0.2, 0.25) is 0 Å². The standard InChI is InChI=1S/C9H11NO6/c10-6(8(13)14)3-5(1-2-11)4-7(12)9(15)16/h1,4,6-7,12H,3,10H2,(H,13,14)(H,15,16). The van der Waals surface area contributed by atoms with Crippen molar-refractivity contribution in [1.82, 2.24) is 0 Å². The third-order valence-corrected chi connectivity index (χ3v) is 1.64. The second-order valence-electron chi connectivity index (χ2n) is 2.94. The highest BCUT2D eigenvalue weighted by atomic mass is 16.4. The third kappa shape index (κ3) is 5.06. The Morgan fingerprint density at radius 3 is 2.25 bits per heavy atom. The van der Waals surface area contributed by atoms with Crippen LogP contribution < -0.4 is 5.73 Å². The quantitative estimate of drug-likeness (QED) is 0.322. The van der Waals surface area contributed by atoms with E-state index in [1.807, 2.05) is 0 Å². The van der Waals surface area contributed by atoms with Gasteiger partial charge in [-0.1, -0.05) is 0 Å². The van der Waals surface area contributed by atoms with Gasteiger partial charge in [-0.25, -0.2) is 9.59 Å². The zero-order valence-corrected chi connectivity index (χ0v) is 8.16. The maximum atomic E-state index is 10.4. The van der Waals surface area contributed by atoms with Crippen LogP contribution >= 0.6 is 0 Å². The van der Waals surface area contributed by atoms with Crippen LogP contribution in [0.4, 0.5) is 0 Å². The van der Waals surface area contributed by atoms with Gasteiger partial charge < -0.3 is 21.1 Å². The van der Waals surface area contributed by atoms with Crippen molar-refractivity contribution in [3.8, 4) is 0 Å². The van der Waals surface area contributed by atoms with E-state index >= 15 is 0 Å². The molecule has 16 heavy (non-hydrogen) atoms. The minimum atomic E-state index is -1.82. The van der Waals surface area contributed by atoms with Crippen molar-refractivity contribution >= 4 is 17.9 Å². The normalized spacial score (nSPS) is 14.8. The third-order valence-electron chi connectivity index (χ3n) is 1.64. The Kier molecular flexibility index (Phi) is 5.72. The summed E-state index contributed by atoms with van der Waals surface area (Å²) in [6, 6.07) is -1.28. The molecule has 0 spiro atoms. The zero-order chi connectivity index (χ0) is 12.7. The summed E-state index contributed by atoms with van der Waals surface area (Å²) in [6.07, 6.45) is -0.430. The van der Waals surface area contributed by atoms with E-state index in [2.05, 4.69) is 0 Å². The summed E-state index contributed by atoms with van der Waals surface area (Å²) in [5.74, 6) is -1.45. The summed E-state index contributed by atoms with van der Waals surface area (Å²) in [5.41, 5.74) is 5.18. The molecule has 0 saturated carbocycles. The van der Waals surface area contributed by atoms with Crippen LogP contribution in [0.15, 0.2) is 17.7 Å². The van der Waals surface area contributed by atoms with Crippen LogP contribution in [0.1, 0.15) is 6.42 Å². The van der Waals surface area contributed by atoms with Gasteiger partial charge in [0.25, 0.3) is 0 Å². The highest BCUT2D eigenvalue weighted by Crippen LogP contribution is 2.07. The average Bonchev–Trinajstić information content (AvgIpc) is 2.17. The first-order valence-electron chi connectivity index (χ1n) is 4.19. The molecule has 0 aromatic carbocycles. The molecular formula is C9H11NO6. The molecule has 2 unspecified atom stereocenters. The number of hydrogen-bond acceptors (Lipinski definition) is 5. The molecule has 0 aliphatic rings. The molecule has 0 rings (SSSR count). The van der Waals surface area contributed by atoms with Crippen LogP contribution in [-0.2, 0) is 14.4 Å². The average molecular weight is 229 g/mol. The van der Waals surface area contributed by atoms with E-state index < -0.39 is 24.1 Å². The number of rotatable bonds is 6. The van der Waals surface area contributed by atoms with Gasteiger partial charge in [0.2, 0.25) is 0 Å². The molecule has 0 aromatic heterocycles. The number of carbonyl (C=O) groups is 2.